The average molecular weight is 241 g/mol. The van der Waals surface area contributed by atoms with Crippen molar-refractivity contribution >= 4 is 12.0 Å². The van der Waals surface area contributed by atoms with Crippen LogP contribution in [-0.2, 0) is 4.79 Å². The molecule has 1 heterocycles. The third kappa shape index (κ3) is 8.98. The van der Waals surface area contributed by atoms with Crippen molar-refractivity contribution in [3.63, 3.8) is 0 Å². The minimum absolute atomic E-state index is 0.182. The highest BCUT2D eigenvalue weighted by Crippen LogP contribution is 1.96. The van der Waals surface area contributed by atoms with E-state index < -0.39 is 6.09 Å². The fourth-order valence-corrected chi connectivity index (χ4v) is 1.03. The van der Waals surface area contributed by atoms with E-state index in [4.69, 9.17) is 10.8 Å². The van der Waals surface area contributed by atoms with Gasteiger partial charge in [-0.3, -0.25) is 10.2 Å². The Morgan fingerprint density at radius 3 is 2.41 bits per heavy atom. The summed E-state index contributed by atoms with van der Waals surface area (Å²) in [6, 6.07) is 0. The molecule has 0 unspecified atom stereocenters. The molecule has 0 atom stereocenters. The molecular weight excluding hydrogens is 222 g/mol. The lowest BCUT2D eigenvalue weighted by Crippen LogP contribution is -2.34. The number of carboxylic acid groups (broad SMARTS) is 1. The van der Waals surface area contributed by atoms with Gasteiger partial charge in [0.25, 0.3) is 0 Å². The second kappa shape index (κ2) is 9.26. The molecule has 1 aliphatic heterocycles. The summed E-state index contributed by atoms with van der Waals surface area (Å²) in [6.07, 6.45) is 9.03. The summed E-state index contributed by atoms with van der Waals surface area (Å²) in [5, 5.41) is 9.27. The Kier molecular flexibility index (Phi) is 8.18. The first-order chi connectivity index (χ1) is 8.07. The van der Waals surface area contributed by atoms with Gasteiger partial charge in [0.05, 0.1) is 0 Å². The topological polar surface area (TPSA) is 95.7 Å². The van der Waals surface area contributed by atoms with Gasteiger partial charge in [0.2, 0.25) is 5.91 Å². The van der Waals surface area contributed by atoms with Crippen molar-refractivity contribution < 1.29 is 14.7 Å². The van der Waals surface area contributed by atoms with E-state index in [9.17, 15) is 9.59 Å². The molecule has 1 aliphatic rings. The maximum Gasteiger partial charge on any atom is 0.430 e. The molecule has 0 saturated heterocycles. The number of rotatable bonds is 4. The summed E-state index contributed by atoms with van der Waals surface area (Å²) in [6.45, 7) is 2.10. The molecule has 2 amide bonds. The Balaban J connectivity index is 0.000000304. The van der Waals surface area contributed by atoms with Crippen LogP contribution < -0.4 is 11.2 Å². The van der Waals surface area contributed by atoms with Gasteiger partial charge in [-0.05, 0) is 18.6 Å². The average Bonchev–Trinajstić information content (AvgIpc) is 2.31. The van der Waals surface area contributed by atoms with Gasteiger partial charge in [0.1, 0.15) is 0 Å². The predicted molar refractivity (Wildman–Crippen MR) is 64.6 cm³/mol. The number of carbonyl (C=O) groups excluding carboxylic acids is 1. The smallest absolute Gasteiger partial charge is 0.430 e. The summed E-state index contributed by atoms with van der Waals surface area (Å²) >= 11 is 0. The number of hydrogen-bond acceptors (Lipinski definition) is 3. The van der Waals surface area contributed by atoms with Crippen LogP contribution in [0.1, 0.15) is 32.6 Å². The first-order valence-electron chi connectivity index (χ1n) is 5.48. The van der Waals surface area contributed by atoms with Gasteiger partial charge >= 0.3 is 6.09 Å². The summed E-state index contributed by atoms with van der Waals surface area (Å²) in [4.78, 5) is 20.2. The van der Waals surface area contributed by atoms with E-state index in [2.05, 4.69) is 12.3 Å². The minimum Gasteiger partial charge on any atom is -0.463 e. The lowest BCUT2D eigenvalue weighted by Gasteiger charge is -2.14. The SMILES string of the molecule is CCCCCC(N)=O.O=C(O)N1C=CC=CN1. The van der Waals surface area contributed by atoms with Gasteiger partial charge in [-0.15, -0.1) is 0 Å². The number of primary amides is 1. The van der Waals surface area contributed by atoms with Crippen molar-refractivity contribution in [1.82, 2.24) is 10.4 Å². The Hall–Kier alpha value is -1.98. The van der Waals surface area contributed by atoms with E-state index in [1.54, 1.807) is 12.2 Å². The Bertz CT molecular complexity index is 300. The van der Waals surface area contributed by atoms with Crippen LogP contribution >= 0.6 is 0 Å². The fraction of sp³-hybridized carbons (Fsp3) is 0.455. The third-order valence-electron chi connectivity index (χ3n) is 1.89. The number of unbranched alkanes of at least 4 members (excludes halogenated alkanes) is 2. The molecule has 4 N–H and O–H groups in total. The Labute approximate surface area is 101 Å². The maximum absolute atomic E-state index is 10.1. The van der Waals surface area contributed by atoms with E-state index >= 15 is 0 Å². The number of nitrogens with two attached hydrogens (primary N) is 1. The number of hydrogen-bond donors (Lipinski definition) is 3. The highest BCUT2D eigenvalue weighted by molar-refractivity contribution is 5.73. The molecule has 0 bridgehead atoms. The lowest BCUT2D eigenvalue weighted by atomic mass is 10.2. The summed E-state index contributed by atoms with van der Waals surface area (Å²) in [7, 11) is 0. The van der Waals surface area contributed by atoms with E-state index in [1.807, 2.05) is 0 Å². The number of nitrogens with one attached hydrogen (secondary N) is 1. The number of nitrogens with zero attached hydrogens (tertiary/aromatic N) is 1. The van der Waals surface area contributed by atoms with Crippen molar-refractivity contribution in [2.45, 2.75) is 32.6 Å². The normalized spacial score (nSPS) is 12.4. The van der Waals surface area contributed by atoms with E-state index in [-0.39, 0.29) is 5.91 Å². The number of allylic oxidation sites excluding steroid dienone is 2. The summed E-state index contributed by atoms with van der Waals surface area (Å²) in [5.74, 6) is -0.182. The molecule has 0 aromatic carbocycles. The van der Waals surface area contributed by atoms with Crippen molar-refractivity contribution in [2.24, 2.45) is 5.73 Å². The molecular formula is C11H19N3O3. The van der Waals surface area contributed by atoms with Gasteiger partial charge < -0.3 is 10.8 Å². The molecule has 1 rings (SSSR count). The third-order valence-corrected chi connectivity index (χ3v) is 1.89. The van der Waals surface area contributed by atoms with Crippen LogP contribution in [0.25, 0.3) is 0 Å². The first kappa shape index (κ1) is 15.0. The van der Waals surface area contributed by atoms with Crippen molar-refractivity contribution in [3.8, 4) is 0 Å². The highest BCUT2D eigenvalue weighted by atomic mass is 16.4. The predicted octanol–water partition coefficient (Wildman–Crippen LogP) is 1.56. The number of hydrazine groups is 1. The van der Waals surface area contributed by atoms with Crippen LogP contribution in [0.4, 0.5) is 4.79 Å². The van der Waals surface area contributed by atoms with Gasteiger partial charge in [-0.2, -0.15) is 5.01 Å². The highest BCUT2D eigenvalue weighted by Gasteiger charge is 2.05. The molecule has 17 heavy (non-hydrogen) atoms. The van der Waals surface area contributed by atoms with Crippen LogP contribution in [0, 0.1) is 0 Å². The maximum atomic E-state index is 10.1. The van der Waals surface area contributed by atoms with Gasteiger partial charge in [0, 0.05) is 18.8 Å². The van der Waals surface area contributed by atoms with E-state index in [0.717, 1.165) is 24.3 Å². The van der Waals surface area contributed by atoms with Crippen molar-refractivity contribution in [2.75, 3.05) is 0 Å². The molecule has 0 aliphatic carbocycles. The molecule has 0 radical (unpaired) electrons. The van der Waals surface area contributed by atoms with Gasteiger partial charge in [-0.1, -0.05) is 19.8 Å². The van der Waals surface area contributed by atoms with Crippen molar-refractivity contribution in [1.29, 1.82) is 0 Å². The van der Waals surface area contributed by atoms with Crippen LogP contribution in [-0.4, -0.2) is 22.1 Å². The Morgan fingerprint density at radius 1 is 1.35 bits per heavy atom. The van der Waals surface area contributed by atoms with Gasteiger partial charge in [0.15, 0.2) is 0 Å². The summed E-state index contributed by atoms with van der Waals surface area (Å²) in [5.41, 5.74) is 7.38. The van der Waals surface area contributed by atoms with Crippen LogP contribution in [0.5, 0.6) is 0 Å². The monoisotopic (exact) mass is 241 g/mol. The Morgan fingerprint density at radius 2 is 2.06 bits per heavy atom. The zero-order chi connectivity index (χ0) is 13.1. The zero-order valence-corrected chi connectivity index (χ0v) is 9.93. The van der Waals surface area contributed by atoms with Crippen LogP contribution in [0.2, 0.25) is 0 Å². The minimum atomic E-state index is -1.02. The number of amides is 2. The molecule has 6 heteroatoms. The lowest BCUT2D eigenvalue weighted by molar-refractivity contribution is -0.118. The molecule has 6 nitrogen and oxygen atoms in total. The quantitative estimate of drug-likeness (QED) is 0.651. The second-order valence-corrected chi connectivity index (χ2v) is 3.41. The summed E-state index contributed by atoms with van der Waals surface area (Å²) < 4.78 is 0. The zero-order valence-electron chi connectivity index (χ0n) is 9.93. The molecule has 0 aromatic heterocycles. The van der Waals surface area contributed by atoms with E-state index in [0.29, 0.717) is 6.42 Å². The van der Waals surface area contributed by atoms with Gasteiger partial charge in [-0.25, -0.2) is 4.79 Å². The molecule has 0 aromatic rings. The largest absolute Gasteiger partial charge is 0.463 e. The van der Waals surface area contributed by atoms with E-state index in [1.165, 1.54) is 12.4 Å². The molecule has 0 spiro atoms. The van der Waals surface area contributed by atoms with Crippen LogP contribution in [0.3, 0.4) is 0 Å². The van der Waals surface area contributed by atoms with Crippen LogP contribution in [0.15, 0.2) is 24.6 Å². The fourth-order valence-electron chi connectivity index (χ4n) is 1.03. The first-order valence-corrected chi connectivity index (χ1v) is 5.48. The molecule has 0 saturated carbocycles. The molecule has 0 fully saturated rings. The number of carbonyl (C=O) groups is 2. The van der Waals surface area contributed by atoms with Crippen molar-refractivity contribution in [3.05, 3.63) is 24.6 Å². The second-order valence-electron chi connectivity index (χ2n) is 3.41. The molecule has 96 valence electrons. The standard InChI is InChI=1S/C6H13NO.C5H6N2O2/c1-2-3-4-5-6(7)8;8-5(9)7-4-2-1-3-6-7/h2-5H2,1H3,(H2,7,8);1-4,6H,(H,8,9).